The summed E-state index contributed by atoms with van der Waals surface area (Å²) in [5, 5.41) is 11.1. The Balaban J connectivity index is 1.58. The SMILES string of the molecule is O=[N+]([O-])C1=CO[C@H](COCc2ccccc2)[C@@H](OCc2ccccc2)C1. The van der Waals surface area contributed by atoms with Gasteiger partial charge >= 0.3 is 0 Å². The van der Waals surface area contributed by atoms with Gasteiger partial charge in [-0.25, -0.2) is 0 Å². The summed E-state index contributed by atoms with van der Waals surface area (Å²) in [6, 6.07) is 19.5. The normalized spacial score (nSPS) is 19.5. The lowest BCUT2D eigenvalue weighted by Gasteiger charge is -2.29. The molecule has 0 N–H and O–H groups in total. The van der Waals surface area contributed by atoms with E-state index in [1.807, 2.05) is 60.7 Å². The maximum absolute atomic E-state index is 11.1. The van der Waals surface area contributed by atoms with E-state index in [1.54, 1.807) is 0 Å². The number of benzene rings is 2. The van der Waals surface area contributed by atoms with Crippen LogP contribution in [0.4, 0.5) is 0 Å². The zero-order chi connectivity index (χ0) is 18.2. The molecule has 0 radical (unpaired) electrons. The van der Waals surface area contributed by atoms with Crippen LogP contribution in [0.25, 0.3) is 0 Å². The third-order valence-corrected chi connectivity index (χ3v) is 4.14. The van der Waals surface area contributed by atoms with Crippen LogP contribution in [0, 0.1) is 10.1 Å². The van der Waals surface area contributed by atoms with Crippen LogP contribution in [0.5, 0.6) is 0 Å². The van der Waals surface area contributed by atoms with Crippen molar-refractivity contribution in [1.82, 2.24) is 0 Å². The maximum Gasteiger partial charge on any atom is 0.283 e. The van der Waals surface area contributed by atoms with Gasteiger partial charge in [-0.3, -0.25) is 10.1 Å². The molecule has 136 valence electrons. The fourth-order valence-corrected chi connectivity index (χ4v) is 2.71. The zero-order valence-electron chi connectivity index (χ0n) is 14.3. The Kier molecular flexibility index (Phi) is 6.35. The number of hydrogen-bond acceptors (Lipinski definition) is 5. The molecule has 0 amide bonds. The molecular weight excluding hydrogens is 334 g/mol. The topological polar surface area (TPSA) is 70.8 Å². The van der Waals surface area contributed by atoms with E-state index in [2.05, 4.69) is 0 Å². The van der Waals surface area contributed by atoms with Gasteiger partial charge < -0.3 is 14.2 Å². The van der Waals surface area contributed by atoms with Crippen molar-refractivity contribution in [3.05, 3.63) is 93.9 Å². The van der Waals surface area contributed by atoms with Crippen LogP contribution in [0.15, 0.2) is 72.6 Å². The average Bonchev–Trinajstić information content (AvgIpc) is 2.68. The minimum atomic E-state index is -0.434. The third kappa shape index (κ3) is 5.15. The van der Waals surface area contributed by atoms with E-state index < -0.39 is 11.0 Å². The molecule has 0 aliphatic carbocycles. The van der Waals surface area contributed by atoms with Gasteiger partial charge in [-0.05, 0) is 11.1 Å². The number of nitro groups is 1. The molecule has 6 nitrogen and oxygen atoms in total. The first-order valence-electron chi connectivity index (χ1n) is 8.48. The summed E-state index contributed by atoms with van der Waals surface area (Å²) >= 11 is 0. The van der Waals surface area contributed by atoms with Gasteiger partial charge in [-0.1, -0.05) is 60.7 Å². The van der Waals surface area contributed by atoms with Crippen LogP contribution in [0.2, 0.25) is 0 Å². The van der Waals surface area contributed by atoms with Gasteiger partial charge in [0, 0.05) is 0 Å². The van der Waals surface area contributed by atoms with E-state index in [4.69, 9.17) is 14.2 Å². The van der Waals surface area contributed by atoms with Crippen molar-refractivity contribution in [3.63, 3.8) is 0 Å². The third-order valence-electron chi connectivity index (χ3n) is 4.14. The van der Waals surface area contributed by atoms with Crippen LogP contribution in [-0.4, -0.2) is 23.7 Å². The number of nitrogens with zero attached hydrogens (tertiary/aromatic N) is 1. The van der Waals surface area contributed by atoms with Crippen molar-refractivity contribution >= 4 is 0 Å². The van der Waals surface area contributed by atoms with E-state index in [0.717, 1.165) is 11.1 Å². The van der Waals surface area contributed by atoms with E-state index >= 15 is 0 Å². The second-order valence-corrected chi connectivity index (χ2v) is 6.08. The van der Waals surface area contributed by atoms with Gasteiger partial charge in [0.05, 0.1) is 31.2 Å². The smallest absolute Gasteiger partial charge is 0.283 e. The summed E-state index contributed by atoms with van der Waals surface area (Å²) in [6.07, 6.45) is 0.584. The molecule has 0 unspecified atom stereocenters. The second-order valence-electron chi connectivity index (χ2n) is 6.08. The highest BCUT2D eigenvalue weighted by Crippen LogP contribution is 2.23. The van der Waals surface area contributed by atoms with Crippen molar-refractivity contribution in [3.8, 4) is 0 Å². The molecule has 2 atom stereocenters. The molecule has 1 aliphatic rings. The number of hydrogen-bond donors (Lipinski definition) is 0. The first-order chi connectivity index (χ1) is 12.7. The van der Waals surface area contributed by atoms with E-state index in [-0.39, 0.29) is 18.2 Å². The predicted molar refractivity (Wildman–Crippen MR) is 95.7 cm³/mol. The lowest BCUT2D eigenvalue weighted by molar-refractivity contribution is -0.434. The summed E-state index contributed by atoms with van der Waals surface area (Å²) in [6.45, 7) is 1.13. The molecule has 3 rings (SSSR count). The van der Waals surface area contributed by atoms with E-state index in [9.17, 15) is 10.1 Å². The Labute approximate surface area is 152 Å². The Morgan fingerprint density at radius 3 is 2.23 bits per heavy atom. The van der Waals surface area contributed by atoms with Crippen molar-refractivity contribution in [2.75, 3.05) is 6.61 Å². The van der Waals surface area contributed by atoms with Gasteiger partial charge in [0.15, 0.2) is 6.26 Å². The largest absolute Gasteiger partial charge is 0.486 e. The molecular formula is C20H21NO5. The van der Waals surface area contributed by atoms with Gasteiger partial charge in [0.1, 0.15) is 12.2 Å². The fraction of sp³-hybridized carbons (Fsp3) is 0.300. The summed E-state index contributed by atoms with van der Waals surface area (Å²) in [5.74, 6) is 0. The maximum atomic E-state index is 11.1. The van der Waals surface area contributed by atoms with Crippen molar-refractivity contribution < 1.29 is 19.1 Å². The summed E-state index contributed by atoms with van der Waals surface area (Å²) in [5.41, 5.74) is 2.09. The minimum Gasteiger partial charge on any atom is -0.486 e. The monoisotopic (exact) mass is 355 g/mol. The second kappa shape index (κ2) is 9.12. The molecule has 0 spiro atoms. The Morgan fingerprint density at radius 2 is 1.62 bits per heavy atom. The Hall–Kier alpha value is -2.70. The molecule has 1 heterocycles. The summed E-state index contributed by atoms with van der Waals surface area (Å²) < 4.78 is 17.2. The molecule has 0 fully saturated rings. The van der Waals surface area contributed by atoms with Gasteiger partial charge in [-0.15, -0.1) is 0 Å². The molecule has 2 aromatic carbocycles. The quantitative estimate of drug-likeness (QED) is 0.533. The molecule has 0 saturated carbocycles. The highest BCUT2D eigenvalue weighted by Gasteiger charge is 2.33. The van der Waals surface area contributed by atoms with Crippen molar-refractivity contribution in [1.29, 1.82) is 0 Å². The predicted octanol–water partition coefficient (Wildman–Crippen LogP) is 3.70. The standard InChI is InChI=1S/C20H21NO5/c22-21(23)18-11-19(25-13-17-9-5-2-6-10-17)20(26-14-18)15-24-12-16-7-3-1-4-8-16/h1-10,14,19-20H,11-13,15H2/t19-,20+/m0/s1. The Bertz CT molecular complexity index is 732. The van der Waals surface area contributed by atoms with Crippen LogP contribution in [0.3, 0.4) is 0 Å². The van der Waals surface area contributed by atoms with Crippen LogP contribution in [-0.2, 0) is 27.4 Å². The van der Waals surface area contributed by atoms with Crippen LogP contribution in [0.1, 0.15) is 17.5 Å². The van der Waals surface area contributed by atoms with Gasteiger partial charge in [0.25, 0.3) is 5.70 Å². The molecule has 2 aromatic rings. The van der Waals surface area contributed by atoms with E-state index in [1.165, 1.54) is 6.26 Å². The molecule has 0 saturated heterocycles. The number of rotatable bonds is 8. The van der Waals surface area contributed by atoms with Gasteiger partial charge in [-0.2, -0.15) is 0 Å². The fourth-order valence-electron chi connectivity index (χ4n) is 2.71. The minimum absolute atomic E-state index is 0.0161. The average molecular weight is 355 g/mol. The molecule has 6 heteroatoms. The molecule has 0 bridgehead atoms. The highest BCUT2D eigenvalue weighted by atomic mass is 16.6. The lowest BCUT2D eigenvalue weighted by Crippen LogP contribution is -2.38. The lowest BCUT2D eigenvalue weighted by atomic mass is 10.1. The van der Waals surface area contributed by atoms with Crippen LogP contribution < -0.4 is 0 Å². The van der Waals surface area contributed by atoms with Crippen molar-refractivity contribution in [2.24, 2.45) is 0 Å². The summed E-state index contributed by atoms with van der Waals surface area (Å²) in [7, 11) is 0. The number of ether oxygens (including phenoxy) is 3. The van der Waals surface area contributed by atoms with Crippen LogP contribution >= 0.6 is 0 Å². The molecule has 26 heavy (non-hydrogen) atoms. The van der Waals surface area contributed by atoms with Crippen molar-refractivity contribution in [2.45, 2.75) is 31.8 Å². The van der Waals surface area contributed by atoms with E-state index in [0.29, 0.717) is 19.8 Å². The first-order valence-corrected chi connectivity index (χ1v) is 8.48. The molecule has 1 aliphatic heterocycles. The Morgan fingerprint density at radius 1 is 1.00 bits per heavy atom. The van der Waals surface area contributed by atoms with Gasteiger partial charge in [0.2, 0.25) is 0 Å². The highest BCUT2D eigenvalue weighted by molar-refractivity contribution is 5.14. The zero-order valence-corrected chi connectivity index (χ0v) is 14.3. The molecule has 0 aromatic heterocycles. The summed E-state index contributed by atoms with van der Waals surface area (Å²) in [4.78, 5) is 10.6. The first kappa shape index (κ1) is 18.1.